The lowest BCUT2D eigenvalue weighted by atomic mass is 10.0. The second kappa shape index (κ2) is 13.9. The van der Waals surface area contributed by atoms with E-state index in [9.17, 15) is 14.4 Å². The molecule has 0 saturated heterocycles. The monoisotopic (exact) mass is 699 g/mol. The Morgan fingerprint density at radius 2 is 1.80 bits per heavy atom. The van der Waals surface area contributed by atoms with Gasteiger partial charge in [-0.1, -0.05) is 39.7 Å². The van der Waals surface area contributed by atoms with Crippen molar-refractivity contribution >= 4 is 85.5 Å². The fourth-order valence-electron chi connectivity index (χ4n) is 5.14. The molecule has 2 atom stereocenters. The van der Waals surface area contributed by atoms with Crippen LogP contribution in [-0.4, -0.2) is 50.5 Å². The van der Waals surface area contributed by atoms with Crippen molar-refractivity contribution in [1.29, 1.82) is 0 Å². The van der Waals surface area contributed by atoms with Crippen LogP contribution in [0.4, 0.5) is 17.1 Å². The zero-order chi connectivity index (χ0) is 30.8. The minimum Gasteiger partial charge on any atom is -0.496 e. The summed E-state index contributed by atoms with van der Waals surface area (Å²) in [5, 5.41) is 8.01. The highest BCUT2D eigenvalue weighted by Crippen LogP contribution is 2.39. The van der Waals surface area contributed by atoms with Crippen LogP contribution in [0.25, 0.3) is 10.8 Å². The van der Waals surface area contributed by atoms with Crippen molar-refractivity contribution in [3.05, 3.63) is 93.4 Å². The lowest BCUT2D eigenvalue weighted by Gasteiger charge is -2.27. The van der Waals surface area contributed by atoms with Gasteiger partial charge in [0.2, 0.25) is 5.91 Å². The van der Waals surface area contributed by atoms with E-state index in [1.54, 1.807) is 68.4 Å². The molecule has 4 N–H and O–H groups in total. The average molecular weight is 701 g/mol. The third-order valence-electron chi connectivity index (χ3n) is 7.58. The Morgan fingerprint density at radius 3 is 2.48 bits per heavy atom. The number of fused-ring (bicyclic) bond motifs is 2. The first-order chi connectivity index (χ1) is 20.6. The molecule has 1 heterocycles. The van der Waals surface area contributed by atoms with E-state index in [0.29, 0.717) is 33.4 Å². The Hall–Kier alpha value is -3.83. The van der Waals surface area contributed by atoms with Crippen LogP contribution in [0, 0.1) is 0 Å². The summed E-state index contributed by atoms with van der Waals surface area (Å²) in [4.78, 5) is 44.6. The van der Waals surface area contributed by atoms with Crippen LogP contribution in [0.5, 0.6) is 5.75 Å². The first-order valence-electron chi connectivity index (χ1n) is 13.6. The van der Waals surface area contributed by atoms with Crippen molar-refractivity contribution in [3.8, 4) is 5.75 Å². The molecule has 230 valence electrons. The van der Waals surface area contributed by atoms with E-state index in [-0.39, 0.29) is 43.2 Å². The number of rotatable bonds is 7. The zero-order valence-corrected chi connectivity index (χ0v) is 27.4. The van der Waals surface area contributed by atoms with E-state index in [1.165, 1.54) is 4.90 Å². The molecule has 12 heteroatoms. The lowest BCUT2D eigenvalue weighted by Crippen LogP contribution is -2.55. The van der Waals surface area contributed by atoms with Crippen molar-refractivity contribution in [1.82, 2.24) is 10.6 Å². The Morgan fingerprint density at radius 1 is 1.07 bits per heavy atom. The maximum Gasteiger partial charge on any atom is 0.258 e. The number of halogens is 3. The average Bonchev–Trinajstić information content (AvgIpc) is 3.10. The smallest absolute Gasteiger partial charge is 0.258 e. The number of nitrogen functional groups attached to an aromatic ring is 1. The van der Waals surface area contributed by atoms with Crippen LogP contribution in [0.3, 0.4) is 0 Å². The molecule has 4 aromatic carbocycles. The number of nitrogens with one attached hydrogen (secondary N) is 2. The number of carbonyl (C=O) groups is 3. The fourth-order valence-corrected chi connectivity index (χ4v) is 5.68. The van der Waals surface area contributed by atoms with Crippen LogP contribution in [-0.2, 0) is 16.1 Å². The van der Waals surface area contributed by atoms with E-state index in [1.807, 2.05) is 30.3 Å². The minimum absolute atomic E-state index is 0. The number of hydrogen-bond donors (Lipinski definition) is 3. The van der Waals surface area contributed by atoms with Gasteiger partial charge in [-0.15, -0.1) is 12.4 Å². The van der Waals surface area contributed by atoms with Crippen molar-refractivity contribution in [2.45, 2.75) is 25.6 Å². The molecular weight excluding hydrogens is 669 g/mol. The number of carbonyl (C=O) groups excluding carboxylic acids is 3. The van der Waals surface area contributed by atoms with Crippen LogP contribution in [0.1, 0.15) is 22.8 Å². The number of likely N-dealkylation sites (N-methyl/N-ethyl adjacent to an activating group) is 1. The third kappa shape index (κ3) is 6.63. The number of nitrogens with two attached hydrogens (primary N) is 1. The number of hydrogen-bond acceptors (Lipinski definition) is 6. The second-order valence-electron chi connectivity index (χ2n) is 10.3. The summed E-state index contributed by atoms with van der Waals surface area (Å²) in [5.41, 5.74) is 8.42. The SMILES string of the molecule is CNC(C)C(=O)NC1CN(C(=O)c2ccc(N)cc2)c2cc(Cl)ccc2N(Cc2c(OC)ccc3cc(Br)ccc23)C1=O.Cl. The van der Waals surface area contributed by atoms with Gasteiger partial charge in [0.05, 0.1) is 37.6 Å². The summed E-state index contributed by atoms with van der Waals surface area (Å²) in [5.74, 6) is -0.533. The van der Waals surface area contributed by atoms with Crippen LogP contribution < -0.4 is 30.9 Å². The molecule has 4 aromatic rings. The first-order valence-corrected chi connectivity index (χ1v) is 14.8. The number of amides is 3. The molecule has 2 unspecified atom stereocenters. The number of methoxy groups -OCH3 is 1. The van der Waals surface area contributed by atoms with Crippen molar-refractivity contribution in [2.75, 3.05) is 36.2 Å². The van der Waals surface area contributed by atoms with E-state index in [4.69, 9.17) is 22.1 Å². The molecule has 0 bridgehead atoms. The molecule has 0 aliphatic carbocycles. The van der Waals surface area contributed by atoms with E-state index in [2.05, 4.69) is 26.6 Å². The Labute approximate surface area is 275 Å². The first kappa shape index (κ1) is 33.1. The number of ether oxygens (including phenoxy) is 1. The molecule has 0 aromatic heterocycles. The molecule has 3 amide bonds. The maximum atomic E-state index is 14.4. The molecule has 1 aliphatic heterocycles. The highest BCUT2D eigenvalue weighted by molar-refractivity contribution is 9.10. The predicted molar refractivity (Wildman–Crippen MR) is 181 cm³/mol. The van der Waals surface area contributed by atoms with Gasteiger partial charge in [-0.2, -0.15) is 0 Å². The van der Waals surface area contributed by atoms with Gasteiger partial charge in [0.15, 0.2) is 0 Å². The van der Waals surface area contributed by atoms with Crippen molar-refractivity contribution < 1.29 is 19.1 Å². The Balaban J connectivity index is 0.00000442. The van der Waals surface area contributed by atoms with E-state index >= 15 is 0 Å². The van der Waals surface area contributed by atoms with Gasteiger partial charge in [-0.3, -0.25) is 14.4 Å². The summed E-state index contributed by atoms with van der Waals surface area (Å²) in [6.45, 7) is 1.68. The van der Waals surface area contributed by atoms with Gasteiger partial charge >= 0.3 is 0 Å². The van der Waals surface area contributed by atoms with Crippen LogP contribution in [0.15, 0.2) is 77.3 Å². The maximum absolute atomic E-state index is 14.4. The van der Waals surface area contributed by atoms with Crippen molar-refractivity contribution in [2.24, 2.45) is 0 Å². The van der Waals surface area contributed by atoms with Crippen molar-refractivity contribution in [3.63, 3.8) is 0 Å². The van der Waals surface area contributed by atoms with Gasteiger partial charge in [-0.25, -0.2) is 0 Å². The van der Waals surface area contributed by atoms with E-state index in [0.717, 1.165) is 20.8 Å². The summed E-state index contributed by atoms with van der Waals surface area (Å²) < 4.78 is 6.66. The largest absolute Gasteiger partial charge is 0.496 e. The number of nitrogens with zero attached hydrogens (tertiary/aromatic N) is 2. The summed E-state index contributed by atoms with van der Waals surface area (Å²) in [7, 11) is 3.24. The summed E-state index contributed by atoms with van der Waals surface area (Å²) >= 11 is 10.0. The predicted octanol–water partition coefficient (Wildman–Crippen LogP) is 5.55. The van der Waals surface area contributed by atoms with Crippen LogP contribution in [0.2, 0.25) is 5.02 Å². The highest BCUT2D eigenvalue weighted by atomic mass is 79.9. The lowest BCUT2D eigenvalue weighted by molar-refractivity contribution is -0.128. The molecule has 0 saturated carbocycles. The number of anilines is 3. The second-order valence-corrected chi connectivity index (χ2v) is 11.6. The van der Waals surface area contributed by atoms with E-state index < -0.39 is 12.1 Å². The molecule has 5 rings (SSSR count). The molecular formula is C32H32BrCl2N5O4. The normalized spacial score (nSPS) is 15.2. The van der Waals surface area contributed by atoms with Gasteiger partial charge in [-0.05, 0) is 85.4 Å². The highest BCUT2D eigenvalue weighted by Gasteiger charge is 2.38. The van der Waals surface area contributed by atoms with Crippen LogP contribution >= 0.6 is 39.9 Å². The topological polar surface area (TPSA) is 117 Å². The number of benzene rings is 4. The van der Waals surface area contributed by atoms with Gasteiger partial charge in [0.1, 0.15) is 11.8 Å². The molecule has 9 nitrogen and oxygen atoms in total. The minimum atomic E-state index is -1.07. The fraction of sp³-hybridized carbons (Fsp3) is 0.219. The Kier molecular flexibility index (Phi) is 10.4. The summed E-state index contributed by atoms with van der Waals surface area (Å²) in [6, 6.07) is 19.6. The standard InChI is InChI=1S/C32H31BrClN5O4.ClH/c1-18(36-2)30(40)37-26-17-39(31(41)19-4-9-23(35)10-5-19)28-15-22(34)8-12-27(28)38(32(26)42)16-25-24-11-7-21(33)14-20(24)6-13-29(25)43-3;/h4-15,18,26,36H,16-17,35H2,1-3H3,(H,37,40);1H. The molecule has 44 heavy (non-hydrogen) atoms. The third-order valence-corrected chi connectivity index (χ3v) is 8.31. The quantitative estimate of drug-likeness (QED) is 0.218. The molecule has 0 radical (unpaired) electrons. The zero-order valence-electron chi connectivity index (χ0n) is 24.3. The van der Waals surface area contributed by atoms with Gasteiger partial charge in [0.25, 0.3) is 11.8 Å². The van der Waals surface area contributed by atoms with Gasteiger partial charge in [0, 0.05) is 26.3 Å². The molecule has 0 spiro atoms. The summed E-state index contributed by atoms with van der Waals surface area (Å²) in [6.07, 6.45) is 0. The van der Waals surface area contributed by atoms with Gasteiger partial charge < -0.3 is 30.9 Å². The Bertz CT molecular complexity index is 1720. The molecule has 0 fully saturated rings. The molecule has 1 aliphatic rings.